The number of aromatic hydroxyl groups is 1. The summed E-state index contributed by atoms with van der Waals surface area (Å²) >= 11 is 0. The Morgan fingerprint density at radius 1 is 0.821 bits per heavy atom. The van der Waals surface area contributed by atoms with Gasteiger partial charge in [0.05, 0.1) is 11.3 Å². The lowest BCUT2D eigenvalue weighted by atomic mass is 9.87. The van der Waals surface area contributed by atoms with Crippen molar-refractivity contribution in [2.75, 3.05) is 5.32 Å². The van der Waals surface area contributed by atoms with Crippen molar-refractivity contribution in [1.82, 2.24) is 0 Å². The maximum atomic E-state index is 12.9. The lowest BCUT2D eigenvalue weighted by Gasteiger charge is -2.20. The van der Waals surface area contributed by atoms with Gasteiger partial charge < -0.3 is 10.4 Å². The van der Waals surface area contributed by atoms with E-state index in [4.69, 9.17) is 0 Å². The molecular weight excluding hydrogens is 350 g/mol. The number of phenolic OH excluding ortho intramolecular Hbond substituents is 1. The van der Waals surface area contributed by atoms with Gasteiger partial charge in [-0.3, -0.25) is 9.59 Å². The van der Waals surface area contributed by atoms with Gasteiger partial charge in [0, 0.05) is 11.1 Å². The average Bonchev–Trinajstić information content (AvgIpc) is 2.69. The Bertz CT molecular complexity index is 1020. The third-order valence-electron chi connectivity index (χ3n) is 4.56. The summed E-state index contributed by atoms with van der Waals surface area (Å²) in [6.07, 6.45) is 0. The molecule has 0 saturated carbocycles. The summed E-state index contributed by atoms with van der Waals surface area (Å²) in [5.74, 6) is -0.687. The van der Waals surface area contributed by atoms with Crippen LogP contribution in [0.1, 0.15) is 52.6 Å². The van der Waals surface area contributed by atoms with E-state index in [0.29, 0.717) is 16.8 Å². The molecule has 4 nitrogen and oxygen atoms in total. The van der Waals surface area contributed by atoms with E-state index in [0.717, 1.165) is 5.56 Å². The number of nitrogens with one attached hydrogen (secondary N) is 1. The normalized spacial score (nSPS) is 11.1. The summed E-state index contributed by atoms with van der Waals surface area (Å²) in [6.45, 7) is 6.16. The summed E-state index contributed by atoms with van der Waals surface area (Å²) in [5, 5.41) is 12.9. The molecular formula is C24H23NO3. The number of benzene rings is 3. The molecule has 0 aromatic heterocycles. The minimum atomic E-state index is -0.443. The van der Waals surface area contributed by atoms with E-state index in [1.54, 1.807) is 60.7 Å². The highest BCUT2D eigenvalue weighted by atomic mass is 16.3. The van der Waals surface area contributed by atoms with Crippen molar-refractivity contribution in [3.8, 4) is 5.75 Å². The molecule has 0 saturated heterocycles. The Labute approximate surface area is 164 Å². The monoisotopic (exact) mass is 373 g/mol. The van der Waals surface area contributed by atoms with Crippen molar-refractivity contribution in [2.24, 2.45) is 0 Å². The zero-order chi connectivity index (χ0) is 20.3. The number of carbonyl (C=O) groups is 2. The lowest BCUT2D eigenvalue weighted by Crippen LogP contribution is -2.18. The van der Waals surface area contributed by atoms with Crippen LogP contribution in [0.5, 0.6) is 5.75 Å². The third-order valence-corrected chi connectivity index (χ3v) is 4.56. The number of ketones is 1. The molecule has 3 aromatic rings. The van der Waals surface area contributed by atoms with E-state index in [1.807, 2.05) is 12.1 Å². The zero-order valence-electron chi connectivity index (χ0n) is 16.2. The van der Waals surface area contributed by atoms with Crippen molar-refractivity contribution in [3.05, 3.63) is 95.1 Å². The summed E-state index contributed by atoms with van der Waals surface area (Å²) in [7, 11) is 0. The molecule has 0 spiro atoms. The van der Waals surface area contributed by atoms with Crippen LogP contribution in [-0.2, 0) is 5.41 Å². The van der Waals surface area contributed by atoms with Gasteiger partial charge >= 0.3 is 0 Å². The summed E-state index contributed by atoms with van der Waals surface area (Å²) < 4.78 is 0. The highest BCUT2D eigenvalue weighted by Gasteiger charge is 2.20. The number of hydrogen-bond donors (Lipinski definition) is 2. The molecule has 3 aromatic carbocycles. The molecule has 0 fully saturated rings. The van der Waals surface area contributed by atoms with E-state index >= 15 is 0 Å². The van der Waals surface area contributed by atoms with Crippen LogP contribution in [0.25, 0.3) is 0 Å². The van der Waals surface area contributed by atoms with Crippen LogP contribution in [0.2, 0.25) is 0 Å². The van der Waals surface area contributed by atoms with Crippen LogP contribution >= 0.6 is 0 Å². The molecule has 0 radical (unpaired) electrons. The first-order valence-corrected chi connectivity index (χ1v) is 9.11. The van der Waals surface area contributed by atoms with Gasteiger partial charge in [0.15, 0.2) is 5.78 Å². The molecule has 1 amide bonds. The minimum absolute atomic E-state index is 0.0202. The molecule has 0 heterocycles. The third kappa shape index (κ3) is 4.12. The van der Waals surface area contributed by atoms with Gasteiger partial charge in [0.1, 0.15) is 5.75 Å². The number of hydrogen-bond acceptors (Lipinski definition) is 3. The van der Waals surface area contributed by atoms with E-state index in [9.17, 15) is 14.7 Å². The van der Waals surface area contributed by atoms with Crippen molar-refractivity contribution in [1.29, 1.82) is 0 Å². The minimum Gasteiger partial charge on any atom is -0.506 e. The fraction of sp³-hybridized carbons (Fsp3) is 0.167. The fourth-order valence-electron chi connectivity index (χ4n) is 2.92. The van der Waals surface area contributed by atoms with Gasteiger partial charge in [0.25, 0.3) is 5.91 Å². The van der Waals surface area contributed by atoms with Gasteiger partial charge in [-0.25, -0.2) is 0 Å². The molecule has 0 aliphatic rings. The molecule has 28 heavy (non-hydrogen) atoms. The predicted octanol–water partition coefficient (Wildman–Crippen LogP) is 5.17. The van der Waals surface area contributed by atoms with Crippen LogP contribution in [0.3, 0.4) is 0 Å². The van der Waals surface area contributed by atoms with Crippen LogP contribution in [0, 0.1) is 0 Å². The quantitative estimate of drug-likeness (QED) is 0.489. The van der Waals surface area contributed by atoms with E-state index in [-0.39, 0.29) is 22.5 Å². The number of anilines is 1. The van der Waals surface area contributed by atoms with Crippen molar-refractivity contribution in [2.45, 2.75) is 26.2 Å². The standard InChI is InChI=1S/C24H23NO3/c1-24(2,3)17-13-14-21(26)20(15-17)25-23(28)19-12-8-7-11-18(19)22(27)16-9-5-4-6-10-16/h4-15,26H,1-3H3,(H,25,28). The fourth-order valence-corrected chi connectivity index (χ4v) is 2.92. The second-order valence-electron chi connectivity index (χ2n) is 7.68. The number of phenols is 1. The Morgan fingerprint density at radius 3 is 2.07 bits per heavy atom. The molecule has 0 bridgehead atoms. The molecule has 0 atom stereocenters. The number of rotatable bonds is 4. The van der Waals surface area contributed by atoms with E-state index in [2.05, 4.69) is 26.1 Å². The van der Waals surface area contributed by atoms with Gasteiger partial charge in [0.2, 0.25) is 0 Å². The second kappa shape index (κ2) is 7.69. The molecule has 4 heteroatoms. The number of amides is 1. The van der Waals surface area contributed by atoms with E-state index in [1.165, 1.54) is 0 Å². The lowest BCUT2D eigenvalue weighted by molar-refractivity contribution is 0.0996. The van der Waals surface area contributed by atoms with Gasteiger partial charge in [-0.2, -0.15) is 0 Å². The van der Waals surface area contributed by atoms with E-state index < -0.39 is 5.91 Å². The highest BCUT2D eigenvalue weighted by molar-refractivity contribution is 6.17. The zero-order valence-corrected chi connectivity index (χ0v) is 16.2. The molecule has 0 aliphatic carbocycles. The number of carbonyl (C=O) groups excluding carboxylic acids is 2. The molecule has 0 unspecified atom stereocenters. The van der Waals surface area contributed by atoms with Gasteiger partial charge in [-0.05, 0) is 29.2 Å². The molecule has 142 valence electrons. The first kappa shape index (κ1) is 19.4. The van der Waals surface area contributed by atoms with Crippen molar-refractivity contribution in [3.63, 3.8) is 0 Å². The largest absolute Gasteiger partial charge is 0.506 e. The van der Waals surface area contributed by atoms with Gasteiger partial charge in [-0.15, -0.1) is 0 Å². The van der Waals surface area contributed by atoms with Gasteiger partial charge in [-0.1, -0.05) is 75.4 Å². The molecule has 0 aliphatic heterocycles. The van der Waals surface area contributed by atoms with Crippen LogP contribution in [0.15, 0.2) is 72.8 Å². The predicted molar refractivity (Wildman–Crippen MR) is 111 cm³/mol. The average molecular weight is 373 g/mol. The van der Waals surface area contributed by atoms with Crippen LogP contribution < -0.4 is 5.32 Å². The molecule has 2 N–H and O–H groups in total. The van der Waals surface area contributed by atoms with Crippen LogP contribution in [0.4, 0.5) is 5.69 Å². The van der Waals surface area contributed by atoms with Crippen molar-refractivity contribution < 1.29 is 14.7 Å². The summed E-state index contributed by atoms with van der Waals surface area (Å²) in [5.41, 5.74) is 2.26. The first-order valence-electron chi connectivity index (χ1n) is 9.11. The van der Waals surface area contributed by atoms with Crippen LogP contribution in [-0.4, -0.2) is 16.8 Å². The maximum absolute atomic E-state index is 12.9. The Kier molecular flexibility index (Phi) is 5.32. The Hall–Kier alpha value is -3.40. The molecule has 3 rings (SSSR count). The highest BCUT2D eigenvalue weighted by Crippen LogP contribution is 2.31. The van der Waals surface area contributed by atoms with Crippen molar-refractivity contribution >= 4 is 17.4 Å². The maximum Gasteiger partial charge on any atom is 0.256 e. The topological polar surface area (TPSA) is 66.4 Å². The Morgan fingerprint density at radius 2 is 1.43 bits per heavy atom. The summed E-state index contributed by atoms with van der Waals surface area (Å²) in [4.78, 5) is 25.8. The summed E-state index contributed by atoms with van der Waals surface area (Å²) in [6, 6.07) is 20.7. The second-order valence-corrected chi connectivity index (χ2v) is 7.68. The smallest absolute Gasteiger partial charge is 0.256 e. The SMILES string of the molecule is CC(C)(C)c1ccc(O)c(NC(=O)c2ccccc2C(=O)c2ccccc2)c1. The first-order chi connectivity index (χ1) is 13.3. The Balaban J connectivity index is 1.94.